The summed E-state index contributed by atoms with van der Waals surface area (Å²) < 4.78 is 5.10. The molecule has 7 nitrogen and oxygen atoms in total. The van der Waals surface area contributed by atoms with Crippen LogP contribution in [0.25, 0.3) is 0 Å². The molecule has 2 N–H and O–H groups in total. The lowest BCUT2D eigenvalue weighted by molar-refractivity contribution is -0.140. The highest BCUT2D eigenvalue weighted by Crippen LogP contribution is 2.25. The first kappa shape index (κ1) is 23.6. The van der Waals surface area contributed by atoms with Crippen LogP contribution in [0.1, 0.15) is 68.1 Å². The third kappa shape index (κ3) is 6.45. The van der Waals surface area contributed by atoms with Gasteiger partial charge in [0.15, 0.2) is 5.76 Å². The lowest BCUT2D eigenvalue weighted by Gasteiger charge is -2.33. The molecule has 1 aromatic heterocycles. The highest BCUT2D eigenvalue weighted by atomic mass is 16.3. The van der Waals surface area contributed by atoms with Crippen LogP contribution in [0.15, 0.2) is 53.1 Å². The number of nitrogens with zero attached hydrogens (tertiary/aromatic N) is 1. The van der Waals surface area contributed by atoms with Crippen LogP contribution in [0.4, 0.5) is 0 Å². The Labute approximate surface area is 189 Å². The Balaban J connectivity index is 1.80. The van der Waals surface area contributed by atoms with Gasteiger partial charge in [-0.25, -0.2) is 0 Å². The van der Waals surface area contributed by atoms with Crippen LogP contribution in [0.2, 0.25) is 0 Å². The highest BCUT2D eigenvalue weighted by Gasteiger charge is 2.33. The maximum absolute atomic E-state index is 13.4. The first-order valence-corrected chi connectivity index (χ1v) is 11.4. The van der Waals surface area contributed by atoms with Gasteiger partial charge in [0, 0.05) is 12.6 Å². The number of benzene rings is 1. The second-order valence-corrected chi connectivity index (χ2v) is 8.73. The van der Waals surface area contributed by atoms with Crippen molar-refractivity contribution < 1.29 is 18.8 Å². The van der Waals surface area contributed by atoms with E-state index in [1.54, 1.807) is 11.0 Å². The quantitative estimate of drug-likeness (QED) is 0.591. The van der Waals surface area contributed by atoms with Gasteiger partial charge in [-0.3, -0.25) is 14.4 Å². The summed E-state index contributed by atoms with van der Waals surface area (Å²) >= 11 is 0. The molecule has 0 saturated heterocycles. The minimum atomic E-state index is -0.747. The topological polar surface area (TPSA) is 91.7 Å². The smallest absolute Gasteiger partial charge is 0.287 e. The summed E-state index contributed by atoms with van der Waals surface area (Å²) in [6.45, 7) is 4.37. The number of amides is 3. The van der Waals surface area contributed by atoms with Crippen LogP contribution in [0.3, 0.4) is 0 Å². The van der Waals surface area contributed by atoms with Crippen LogP contribution < -0.4 is 10.6 Å². The summed E-state index contributed by atoms with van der Waals surface area (Å²) in [6, 6.07) is 11.9. The summed E-state index contributed by atoms with van der Waals surface area (Å²) in [5, 5.41) is 5.77. The monoisotopic (exact) mass is 439 g/mol. The summed E-state index contributed by atoms with van der Waals surface area (Å²) in [5.41, 5.74) is 0.762. The van der Waals surface area contributed by atoms with E-state index in [1.807, 2.05) is 30.3 Å². The predicted octanol–water partition coefficient (Wildman–Crippen LogP) is 3.68. The Morgan fingerprint density at radius 2 is 1.78 bits per heavy atom. The molecule has 0 spiro atoms. The number of rotatable bonds is 10. The summed E-state index contributed by atoms with van der Waals surface area (Å²) in [6.07, 6.45) is 6.30. The van der Waals surface area contributed by atoms with E-state index in [2.05, 4.69) is 24.5 Å². The summed E-state index contributed by atoms with van der Waals surface area (Å²) in [4.78, 5) is 40.5. The van der Waals surface area contributed by atoms with Crippen molar-refractivity contribution in [2.24, 2.45) is 5.92 Å². The van der Waals surface area contributed by atoms with Gasteiger partial charge in [0.05, 0.1) is 12.8 Å². The molecule has 2 aromatic rings. The standard InChI is InChI=1S/C25H33N3O4/c1-18(2)14-15-28(22(29)17-26-24(30)21-13-8-16-32-21)23(19-9-4-3-5-10-19)25(31)27-20-11-6-7-12-20/h3-5,8-10,13,16,18,20,23H,6-7,11-12,14-15,17H2,1-2H3,(H,26,30)(H,27,31)/t23-/m0/s1. The molecule has 3 amide bonds. The first-order chi connectivity index (χ1) is 15.5. The summed E-state index contributed by atoms with van der Waals surface area (Å²) in [5.74, 6) is -0.431. The number of carbonyl (C=O) groups is 3. The van der Waals surface area contributed by atoms with Gasteiger partial charge in [-0.15, -0.1) is 0 Å². The molecule has 1 aliphatic carbocycles. The molecule has 0 aliphatic heterocycles. The molecule has 3 rings (SSSR count). The van der Waals surface area contributed by atoms with Crippen molar-refractivity contribution in [3.05, 3.63) is 60.1 Å². The molecule has 32 heavy (non-hydrogen) atoms. The summed E-state index contributed by atoms with van der Waals surface area (Å²) in [7, 11) is 0. The molecule has 1 atom stereocenters. The van der Waals surface area contributed by atoms with Gasteiger partial charge < -0.3 is 20.0 Å². The fourth-order valence-electron chi connectivity index (χ4n) is 4.01. The van der Waals surface area contributed by atoms with Gasteiger partial charge in [-0.2, -0.15) is 0 Å². The van der Waals surface area contributed by atoms with E-state index in [0.29, 0.717) is 12.5 Å². The molecule has 0 radical (unpaired) electrons. The van der Waals surface area contributed by atoms with Gasteiger partial charge in [0.1, 0.15) is 6.04 Å². The third-order valence-corrected chi connectivity index (χ3v) is 5.79. The molecule has 1 aromatic carbocycles. The number of carbonyl (C=O) groups excluding carboxylic acids is 3. The fourth-order valence-corrected chi connectivity index (χ4v) is 4.01. The highest BCUT2D eigenvalue weighted by molar-refractivity contribution is 5.95. The third-order valence-electron chi connectivity index (χ3n) is 5.79. The van der Waals surface area contributed by atoms with Gasteiger partial charge >= 0.3 is 0 Å². The van der Waals surface area contributed by atoms with Crippen LogP contribution >= 0.6 is 0 Å². The van der Waals surface area contributed by atoms with E-state index in [9.17, 15) is 14.4 Å². The zero-order valence-electron chi connectivity index (χ0n) is 18.9. The van der Waals surface area contributed by atoms with Gasteiger partial charge in [0.25, 0.3) is 5.91 Å². The minimum absolute atomic E-state index is 0.144. The van der Waals surface area contributed by atoms with Crippen molar-refractivity contribution in [1.82, 2.24) is 15.5 Å². The molecule has 172 valence electrons. The molecule has 0 bridgehead atoms. The Morgan fingerprint density at radius 1 is 1.06 bits per heavy atom. The van der Waals surface area contributed by atoms with Crippen molar-refractivity contribution in [1.29, 1.82) is 0 Å². The molecule has 7 heteroatoms. The molecule has 1 heterocycles. The Kier molecular flexibility index (Phi) is 8.48. The van der Waals surface area contributed by atoms with Crippen LogP contribution in [0, 0.1) is 5.92 Å². The maximum Gasteiger partial charge on any atom is 0.287 e. The van der Waals surface area contributed by atoms with Crippen LogP contribution in [-0.4, -0.2) is 41.8 Å². The number of nitrogens with one attached hydrogen (secondary N) is 2. The first-order valence-electron chi connectivity index (χ1n) is 11.4. The molecular weight excluding hydrogens is 406 g/mol. The molecule has 0 unspecified atom stereocenters. The normalized spacial score (nSPS) is 14.8. The molecular formula is C25H33N3O4. The minimum Gasteiger partial charge on any atom is -0.459 e. The lowest BCUT2D eigenvalue weighted by atomic mass is 10.0. The number of furan rings is 1. The predicted molar refractivity (Wildman–Crippen MR) is 122 cm³/mol. The van der Waals surface area contributed by atoms with Crippen molar-refractivity contribution in [3.63, 3.8) is 0 Å². The largest absolute Gasteiger partial charge is 0.459 e. The second-order valence-electron chi connectivity index (χ2n) is 8.73. The number of hydrogen-bond acceptors (Lipinski definition) is 4. The Hall–Kier alpha value is -3.09. The van der Waals surface area contributed by atoms with Crippen molar-refractivity contribution in [2.75, 3.05) is 13.1 Å². The Morgan fingerprint density at radius 3 is 2.41 bits per heavy atom. The second kappa shape index (κ2) is 11.5. The average Bonchev–Trinajstić information content (AvgIpc) is 3.49. The molecule has 1 fully saturated rings. The zero-order chi connectivity index (χ0) is 22.9. The maximum atomic E-state index is 13.4. The van der Waals surface area contributed by atoms with E-state index >= 15 is 0 Å². The average molecular weight is 440 g/mol. The van der Waals surface area contributed by atoms with E-state index in [4.69, 9.17) is 4.42 Å². The Bertz CT molecular complexity index is 874. The molecule has 1 saturated carbocycles. The van der Waals surface area contributed by atoms with Crippen molar-refractivity contribution in [2.45, 2.75) is 58.0 Å². The van der Waals surface area contributed by atoms with E-state index in [-0.39, 0.29) is 30.2 Å². The fraction of sp³-hybridized carbons (Fsp3) is 0.480. The molecule has 1 aliphatic rings. The SMILES string of the molecule is CC(C)CCN(C(=O)CNC(=O)c1ccco1)[C@H](C(=O)NC1CCCC1)c1ccccc1. The van der Waals surface area contributed by atoms with Gasteiger partial charge in [-0.05, 0) is 42.9 Å². The van der Waals surface area contributed by atoms with Crippen LogP contribution in [0.5, 0.6) is 0 Å². The van der Waals surface area contributed by atoms with Crippen molar-refractivity contribution in [3.8, 4) is 0 Å². The lowest BCUT2D eigenvalue weighted by Crippen LogP contribution is -2.49. The van der Waals surface area contributed by atoms with Gasteiger partial charge in [0.2, 0.25) is 11.8 Å². The number of hydrogen-bond donors (Lipinski definition) is 2. The van der Waals surface area contributed by atoms with E-state index in [0.717, 1.165) is 37.7 Å². The van der Waals surface area contributed by atoms with E-state index in [1.165, 1.54) is 12.3 Å². The van der Waals surface area contributed by atoms with Crippen molar-refractivity contribution >= 4 is 17.7 Å². The zero-order valence-corrected chi connectivity index (χ0v) is 18.9. The van der Waals surface area contributed by atoms with Gasteiger partial charge in [-0.1, -0.05) is 57.0 Å². The van der Waals surface area contributed by atoms with E-state index < -0.39 is 11.9 Å². The van der Waals surface area contributed by atoms with Crippen LogP contribution in [-0.2, 0) is 9.59 Å².